The minimum absolute atomic E-state index is 0.685. The minimum Gasteiger partial charge on any atom is -0.314 e. The van der Waals surface area contributed by atoms with E-state index in [0.29, 0.717) is 5.92 Å². The molecule has 2 unspecified atom stereocenters. The number of rotatable bonds is 3. The van der Waals surface area contributed by atoms with Crippen LogP contribution in [-0.4, -0.2) is 12.6 Å². The van der Waals surface area contributed by atoms with Crippen LogP contribution >= 0.6 is 0 Å². The number of nitrogens with one attached hydrogen (secondary N) is 1. The summed E-state index contributed by atoms with van der Waals surface area (Å²) >= 11 is 0. The van der Waals surface area contributed by atoms with E-state index in [9.17, 15) is 0 Å². The summed E-state index contributed by atoms with van der Waals surface area (Å²) in [5, 5.41) is 3.64. The summed E-state index contributed by atoms with van der Waals surface area (Å²) in [4.78, 5) is 0. The molecule has 1 saturated heterocycles. The molecule has 0 saturated carbocycles. The molecule has 2 atom stereocenters. The number of hydrogen-bond acceptors (Lipinski definition) is 1. The molecule has 2 aliphatic rings. The topological polar surface area (TPSA) is 12.0 Å². The summed E-state index contributed by atoms with van der Waals surface area (Å²) in [6.45, 7) is 3.52. The summed E-state index contributed by atoms with van der Waals surface area (Å²) in [7, 11) is 0. The third-order valence-corrected chi connectivity index (χ3v) is 4.36. The normalized spacial score (nSPS) is 27.5. The van der Waals surface area contributed by atoms with Crippen LogP contribution in [0.3, 0.4) is 0 Å². The molecule has 1 heterocycles. The summed E-state index contributed by atoms with van der Waals surface area (Å²) in [5.74, 6) is 0.685. The van der Waals surface area contributed by atoms with Crippen LogP contribution in [-0.2, 0) is 6.42 Å². The van der Waals surface area contributed by atoms with E-state index in [4.69, 9.17) is 0 Å². The van der Waals surface area contributed by atoms with Crippen molar-refractivity contribution in [3.63, 3.8) is 0 Å². The molecule has 0 amide bonds. The van der Waals surface area contributed by atoms with Gasteiger partial charge in [0.2, 0.25) is 0 Å². The van der Waals surface area contributed by atoms with Crippen LogP contribution < -0.4 is 5.32 Å². The van der Waals surface area contributed by atoms with Crippen molar-refractivity contribution < 1.29 is 0 Å². The first-order valence-corrected chi connectivity index (χ1v) is 7.31. The van der Waals surface area contributed by atoms with Gasteiger partial charge >= 0.3 is 0 Å². The maximum absolute atomic E-state index is 3.64. The molecule has 1 aliphatic heterocycles. The van der Waals surface area contributed by atoms with Gasteiger partial charge in [-0.1, -0.05) is 42.3 Å². The molecule has 1 aromatic carbocycles. The van der Waals surface area contributed by atoms with Crippen LogP contribution in [0, 0.1) is 0 Å². The molecule has 0 spiro atoms. The van der Waals surface area contributed by atoms with Crippen LogP contribution in [0.25, 0.3) is 0 Å². The highest BCUT2D eigenvalue weighted by Gasteiger charge is 2.23. The number of hydrogen-bond donors (Lipinski definition) is 1. The standard InChI is InChI=1S/C17H23N/c1-13(11-16-7-4-5-9-18-16)10-15-12-14-6-2-3-8-17(14)15/h2-3,6,8,10,15-16,18H,4-5,7,9,11-12H2,1H3/b13-10-. The first kappa shape index (κ1) is 12.0. The van der Waals surface area contributed by atoms with Crippen molar-refractivity contribution in [2.45, 2.75) is 51.0 Å². The molecule has 1 aliphatic carbocycles. The molecule has 1 heteroatoms. The van der Waals surface area contributed by atoms with Crippen molar-refractivity contribution in [1.82, 2.24) is 5.32 Å². The van der Waals surface area contributed by atoms with Crippen LogP contribution in [0.1, 0.15) is 49.7 Å². The van der Waals surface area contributed by atoms with Crippen molar-refractivity contribution in [1.29, 1.82) is 0 Å². The first-order chi connectivity index (χ1) is 8.83. The van der Waals surface area contributed by atoms with E-state index in [1.165, 1.54) is 38.6 Å². The Morgan fingerprint density at radius 2 is 2.22 bits per heavy atom. The Morgan fingerprint density at radius 1 is 1.33 bits per heavy atom. The molecule has 96 valence electrons. The van der Waals surface area contributed by atoms with Gasteiger partial charge in [-0.3, -0.25) is 0 Å². The average Bonchev–Trinajstić information content (AvgIpc) is 2.37. The van der Waals surface area contributed by atoms with E-state index < -0.39 is 0 Å². The Hall–Kier alpha value is -1.08. The zero-order valence-electron chi connectivity index (χ0n) is 11.3. The summed E-state index contributed by atoms with van der Waals surface area (Å²) < 4.78 is 0. The van der Waals surface area contributed by atoms with E-state index >= 15 is 0 Å². The predicted octanol–water partition coefficient (Wildman–Crippen LogP) is 3.80. The van der Waals surface area contributed by atoms with Crippen LogP contribution in [0.5, 0.6) is 0 Å². The second-order valence-electron chi connectivity index (χ2n) is 5.87. The maximum atomic E-state index is 3.64. The Kier molecular flexibility index (Phi) is 3.51. The van der Waals surface area contributed by atoms with E-state index in [-0.39, 0.29) is 0 Å². The van der Waals surface area contributed by atoms with E-state index in [1.807, 2.05) is 0 Å². The number of benzene rings is 1. The lowest BCUT2D eigenvalue weighted by atomic mass is 9.76. The fraction of sp³-hybridized carbons (Fsp3) is 0.529. The van der Waals surface area contributed by atoms with Gasteiger partial charge in [0, 0.05) is 12.0 Å². The lowest BCUT2D eigenvalue weighted by Crippen LogP contribution is -2.34. The fourth-order valence-electron chi connectivity index (χ4n) is 3.34. The molecular formula is C17H23N. The molecule has 1 N–H and O–H groups in total. The summed E-state index contributed by atoms with van der Waals surface area (Å²) in [6, 6.07) is 9.59. The van der Waals surface area contributed by atoms with Gasteiger partial charge in [-0.05, 0) is 50.3 Å². The Bertz CT molecular complexity index is 441. The zero-order valence-corrected chi connectivity index (χ0v) is 11.3. The zero-order chi connectivity index (χ0) is 12.4. The molecule has 1 fully saturated rings. The van der Waals surface area contributed by atoms with Crippen LogP contribution in [0.4, 0.5) is 0 Å². The molecule has 0 aromatic heterocycles. The average molecular weight is 241 g/mol. The quantitative estimate of drug-likeness (QED) is 0.794. The van der Waals surface area contributed by atoms with Crippen molar-refractivity contribution in [2.24, 2.45) is 0 Å². The van der Waals surface area contributed by atoms with Crippen molar-refractivity contribution in [3.8, 4) is 0 Å². The largest absolute Gasteiger partial charge is 0.314 e. The van der Waals surface area contributed by atoms with E-state index in [1.54, 1.807) is 16.7 Å². The molecule has 0 radical (unpaired) electrons. The molecule has 18 heavy (non-hydrogen) atoms. The second kappa shape index (κ2) is 5.27. The highest BCUT2D eigenvalue weighted by atomic mass is 14.9. The summed E-state index contributed by atoms with van der Waals surface area (Å²) in [6.07, 6.45) is 9.09. The predicted molar refractivity (Wildman–Crippen MR) is 76.9 cm³/mol. The summed E-state index contributed by atoms with van der Waals surface area (Å²) in [5.41, 5.74) is 4.66. The van der Waals surface area contributed by atoms with Gasteiger partial charge in [0.15, 0.2) is 0 Å². The van der Waals surface area contributed by atoms with Gasteiger partial charge in [0.1, 0.15) is 0 Å². The molecule has 1 nitrogen and oxygen atoms in total. The molecular weight excluding hydrogens is 218 g/mol. The van der Waals surface area contributed by atoms with Gasteiger partial charge in [-0.15, -0.1) is 0 Å². The second-order valence-corrected chi connectivity index (χ2v) is 5.87. The van der Waals surface area contributed by atoms with Gasteiger partial charge in [-0.2, -0.15) is 0 Å². The Balaban J connectivity index is 1.60. The maximum Gasteiger partial charge on any atom is 0.0104 e. The van der Waals surface area contributed by atoms with E-state index in [0.717, 1.165) is 6.04 Å². The van der Waals surface area contributed by atoms with Crippen molar-refractivity contribution in [3.05, 3.63) is 47.0 Å². The smallest absolute Gasteiger partial charge is 0.0104 e. The van der Waals surface area contributed by atoms with Crippen molar-refractivity contribution >= 4 is 0 Å². The number of allylic oxidation sites excluding steroid dienone is 1. The minimum atomic E-state index is 0.685. The van der Waals surface area contributed by atoms with E-state index in [2.05, 4.69) is 42.6 Å². The molecule has 0 bridgehead atoms. The van der Waals surface area contributed by atoms with Crippen molar-refractivity contribution in [2.75, 3.05) is 6.54 Å². The van der Waals surface area contributed by atoms with Crippen LogP contribution in [0.15, 0.2) is 35.9 Å². The SMILES string of the molecule is C/C(=C/C1Cc2ccccc21)CC1CCCCN1. The Labute approximate surface area is 110 Å². The number of piperidine rings is 1. The lowest BCUT2D eigenvalue weighted by molar-refractivity contribution is 0.398. The molecule has 1 aromatic rings. The third-order valence-electron chi connectivity index (χ3n) is 4.36. The van der Waals surface area contributed by atoms with Gasteiger partial charge < -0.3 is 5.32 Å². The third kappa shape index (κ3) is 2.51. The highest BCUT2D eigenvalue weighted by Crippen LogP contribution is 2.36. The first-order valence-electron chi connectivity index (χ1n) is 7.31. The lowest BCUT2D eigenvalue weighted by Gasteiger charge is -2.29. The van der Waals surface area contributed by atoms with Gasteiger partial charge in [0.05, 0.1) is 0 Å². The molecule has 3 rings (SSSR count). The fourth-order valence-corrected chi connectivity index (χ4v) is 3.34. The number of fused-ring (bicyclic) bond motifs is 1. The van der Waals surface area contributed by atoms with Gasteiger partial charge in [0.25, 0.3) is 0 Å². The van der Waals surface area contributed by atoms with Gasteiger partial charge in [-0.25, -0.2) is 0 Å². The highest BCUT2D eigenvalue weighted by molar-refractivity contribution is 5.43. The Morgan fingerprint density at radius 3 is 3.00 bits per heavy atom. The van der Waals surface area contributed by atoms with Crippen LogP contribution in [0.2, 0.25) is 0 Å². The monoisotopic (exact) mass is 241 g/mol.